The van der Waals surface area contributed by atoms with Gasteiger partial charge in [0, 0.05) is 53.6 Å². The quantitative estimate of drug-likeness (QED) is 0.678. The van der Waals surface area contributed by atoms with Gasteiger partial charge in [-0.1, -0.05) is 28.1 Å². The van der Waals surface area contributed by atoms with E-state index < -0.39 is 0 Å². The smallest absolute Gasteiger partial charge is 0.252 e. The third-order valence-electron chi connectivity index (χ3n) is 4.93. The highest BCUT2D eigenvalue weighted by Gasteiger charge is 2.34. The standard InChI is InChI=1S/C20H23BrN2O3S/c21-17-3-1-2-16(12-17)20(6-9-26-10-7-20)14-23-18(24)4-8-22-19(25)15-5-11-27-13-15/h1-3,5,11-13H,4,6-10,14H2,(H,22,25)(H,23,24). The Morgan fingerprint density at radius 1 is 1.19 bits per heavy atom. The predicted octanol–water partition coefficient (Wildman–Crippen LogP) is 3.50. The van der Waals surface area contributed by atoms with Gasteiger partial charge in [-0.05, 0) is 42.0 Å². The summed E-state index contributed by atoms with van der Waals surface area (Å²) < 4.78 is 6.57. The fraction of sp³-hybridized carbons (Fsp3) is 0.400. The second-order valence-electron chi connectivity index (χ2n) is 6.70. The van der Waals surface area contributed by atoms with E-state index in [-0.39, 0.29) is 23.7 Å². The highest BCUT2D eigenvalue weighted by Crippen LogP contribution is 2.35. The third kappa shape index (κ3) is 5.40. The number of nitrogens with one attached hydrogen (secondary N) is 2. The van der Waals surface area contributed by atoms with Crippen LogP contribution in [0.3, 0.4) is 0 Å². The molecule has 0 atom stereocenters. The maximum absolute atomic E-state index is 12.3. The van der Waals surface area contributed by atoms with E-state index in [0.29, 0.717) is 31.9 Å². The molecule has 2 amide bonds. The molecule has 1 aliphatic heterocycles. The molecule has 3 rings (SSSR count). The van der Waals surface area contributed by atoms with Gasteiger partial charge in [-0.15, -0.1) is 0 Å². The first-order valence-electron chi connectivity index (χ1n) is 9.00. The Kier molecular flexibility index (Phi) is 7.04. The molecule has 1 fully saturated rings. The van der Waals surface area contributed by atoms with Crippen LogP contribution in [0.4, 0.5) is 0 Å². The van der Waals surface area contributed by atoms with Crippen molar-refractivity contribution < 1.29 is 14.3 Å². The van der Waals surface area contributed by atoms with Crippen molar-refractivity contribution in [1.82, 2.24) is 10.6 Å². The van der Waals surface area contributed by atoms with Crippen molar-refractivity contribution in [1.29, 1.82) is 0 Å². The highest BCUT2D eigenvalue weighted by atomic mass is 79.9. The molecule has 2 N–H and O–H groups in total. The van der Waals surface area contributed by atoms with Crippen LogP contribution in [0.5, 0.6) is 0 Å². The van der Waals surface area contributed by atoms with E-state index in [2.05, 4.69) is 38.7 Å². The van der Waals surface area contributed by atoms with Crippen molar-refractivity contribution in [2.75, 3.05) is 26.3 Å². The van der Waals surface area contributed by atoms with Gasteiger partial charge in [-0.2, -0.15) is 11.3 Å². The van der Waals surface area contributed by atoms with Crippen LogP contribution in [-0.2, 0) is 14.9 Å². The number of amides is 2. The average molecular weight is 451 g/mol. The van der Waals surface area contributed by atoms with Crippen LogP contribution in [0, 0.1) is 0 Å². The molecule has 7 heteroatoms. The molecule has 144 valence electrons. The maximum atomic E-state index is 12.3. The summed E-state index contributed by atoms with van der Waals surface area (Å²) in [6.45, 7) is 2.29. The molecule has 1 aliphatic rings. The average Bonchev–Trinajstić information content (AvgIpc) is 3.22. The summed E-state index contributed by atoms with van der Waals surface area (Å²) in [5, 5.41) is 9.50. The fourth-order valence-electron chi connectivity index (χ4n) is 3.29. The van der Waals surface area contributed by atoms with Gasteiger partial charge in [0.05, 0.1) is 0 Å². The van der Waals surface area contributed by atoms with Gasteiger partial charge in [-0.3, -0.25) is 9.59 Å². The van der Waals surface area contributed by atoms with Crippen molar-refractivity contribution in [3.63, 3.8) is 0 Å². The number of thiophene rings is 1. The number of carbonyl (C=O) groups excluding carboxylic acids is 2. The Labute approximate surface area is 171 Å². The number of carbonyl (C=O) groups is 2. The van der Waals surface area contributed by atoms with Crippen LogP contribution in [0.25, 0.3) is 0 Å². The second-order valence-corrected chi connectivity index (χ2v) is 8.39. The lowest BCUT2D eigenvalue weighted by Crippen LogP contribution is -2.45. The zero-order valence-electron chi connectivity index (χ0n) is 15.0. The number of benzene rings is 1. The molecular weight excluding hydrogens is 428 g/mol. The molecule has 0 saturated carbocycles. The van der Waals surface area contributed by atoms with Gasteiger partial charge in [0.15, 0.2) is 0 Å². The fourth-order valence-corrected chi connectivity index (χ4v) is 4.32. The van der Waals surface area contributed by atoms with Crippen molar-refractivity contribution in [2.45, 2.75) is 24.7 Å². The Morgan fingerprint density at radius 2 is 2.00 bits per heavy atom. The third-order valence-corrected chi connectivity index (χ3v) is 6.11. The van der Waals surface area contributed by atoms with Crippen LogP contribution in [0.1, 0.15) is 35.2 Å². The number of ether oxygens (including phenoxy) is 1. The Bertz CT molecular complexity index is 773. The molecule has 2 aromatic rings. The maximum Gasteiger partial charge on any atom is 0.252 e. The van der Waals surface area contributed by atoms with Crippen molar-refractivity contribution in [2.24, 2.45) is 0 Å². The van der Waals surface area contributed by atoms with E-state index in [1.807, 2.05) is 17.5 Å². The summed E-state index contributed by atoms with van der Waals surface area (Å²) in [4.78, 5) is 24.2. The molecule has 2 heterocycles. The van der Waals surface area contributed by atoms with Crippen LogP contribution in [0.2, 0.25) is 0 Å². The minimum atomic E-state index is -0.140. The lowest BCUT2D eigenvalue weighted by molar-refractivity contribution is -0.121. The van der Waals surface area contributed by atoms with Gasteiger partial charge in [0.1, 0.15) is 0 Å². The molecule has 5 nitrogen and oxygen atoms in total. The number of rotatable bonds is 7. The van der Waals surface area contributed by atoms with E-state index in [9.17, 15) is 9.59 Å². The molecule has 0 radical (unpaired) electrons. The van der Waals surface area contributed by atoms with E-state index in [1.54, 1.807) is 11.4 Å². The number of halogens is 1. The van der Waals surface area contributed by atoms with Crippen molar-refractivity contribution in [3.05, 3.63) is 56.7 Å². The number of hydrogen-bond donors (Lipinski definition) is 2. The molecule has 27 heavy (non-hydrogen) atoms. The minimum absolute atomic E-state index is 0.0542. The van der Waals surface area contributed by atoms with E-state index >= 15 is 0 Å². The molecule has 0 aliphatic carbocycles. The first-order chi connectivity index (χ1) is 13.1. The first-order valence-corrected chi connectivity index (χ1v) is 10.7. The summed E-state index contributed by atoms with van der Waals surface area (Å²) in [5.41, 5.74) is 1.74. The minimum Gasteiger partial charge on any atom is -0.381 e. The SMILES string of the molecule is O=C(CCNC(=O)c1ccsc1)NCC1(c2cccc(Br)c2)CCOCC1. The van der Waals surface area contributed by atoms with Crippen LogP contribution >= 0.6 is 27.3 Å². The molecule has 1 aromatic carbocycles. The zero-order valence-corrected chi connectivity index (χ0v) is 17.4. The van der Waals surface area contributed by atoms with Crippen LogP contribution < -0.4 is 10.6 Å². The van der Waals surface area contributed by atoms with Crippen LogP contribution in [-0.4, -0.2) is 38.1 Å². The predicted molar refractivity (Wildman–Crippen MR) is 110 cm³/mol. The molecular formula is C20H23BrN2O3S. The van der Waals surface area contributed by atoms with Gasteiger partial charge >= 0.3 is 0 Å². The van der Waals surface area contributed by atoms with Crippen LogP contribution in [0.15, 0.2) is 45.6 Å². The van der Waals surface area contributed by atoms with E-state index in [0.717, 1.165) is 17.3 Å². The van der Waals surface area contributed by atoms with Gasteiger partial charge in [-0.25, -0.2) is 0 Å². The molecule has 0 spiro atoms. The van der Waals surface area contributed by atoms with Gasteiger partial charge < -0.3 is 15.4 Å². The first kappa shape index (κ1) is 20.0. The summed E-state index contributed by atoms with van der Waals surface area (Å²) in [6.07, 6.45) is 2.01. The normalized spacial score (nSPS) is 15.9. The monoisotopic (exact) mass is 450 g/mol. The van der Waals surface area contributed by atoms with E-state index in [1.165, 1.54) is 16.9 Å². The lowest BCUT2D eigenvalue weighted by atomic mass is 9.74. The molecule has 0 unspecified atom stereocenters. The highest BCUT2D eigenvalue weighted by molar-refractivity contribution is 9.10. The van der Waals surface area contributed by atoms with E-state index in [4.69, 9.17) is 4.74 Å². The lowest BCUT2D eigenvalue weighted by Gasteiger charge is -2.38. The van der Waals surface area contributed by atoms with Crippen molar-refractivity contribution in [3.8, 4) is 0 Å². The Morgan fingerprint density at radius 3 is 2.70 bits per heavy atom. The molecule has 1 saturated heterocycles. The summed E-state index contributed by atoms with van der Waals surface area (Å²) >= 11 is 5.02. The topological polar surface area (TPSA) is 67.4 Å². The zero-order chi connectivity index (χ0) is 19.1. The summed E-state index contributed by atoms with van der Waals surface area (Å²) in [7, 11) is 0. The largest absolute Gasteiger partial charge is 0.381 e. The van der Waals surface area contributed by atoms with Gasteiger partial charge in [0.25, 0.3) is 5.91 Å². The second kappa shape index (κ2) is 9.48. The Hall–Kier alpha value is -1.70. The molecule has 1 aromatic heterocycles. The van der Waals surface area contributed by atoms with Crippen molar-refractivity contribution >= 4 is 39.1 Å². The number of hydrogen-bond acceptors (Lipinski definition) is 4. The summed E-state index contributed by atoms with van der Waals surface area (Å²) in [6, 6.07) is 10.0. The summed E-state index contributed by atoms with van der Waals surface area (Å²) in [5.74, 6) is -0.194. The van der Waals surface area contributed by atoms with Gasteiger partial charge in [0.2, 0.25) is 5.91 Å². The molecule has 0 bridgehead atoms. The Balaban J connectivity index is 1.52.